The van der Waals surface area contributed by atoms with Gasteiger partial charge in [-0.25, -0.2) is 0 Å². The molecule has 0 saturated carbocycles. The van der Waals surface area contributed by atoms with E-state index in [-0.39, 0.29) is 11.8 Å². The van der Waals surface area contributed by atoms with Crippen molar-refractivity contribution in [3.05, 3.63) is 29.3 Å². The minimum absolute atomic E-state index is 0.00202. The molecule has 2 heterocycles. The third kappa shape index (κ3) is 2.41. The number of rotatable bonds is 2. The number of carbonyl (C=O) groups is 2. The highest BCUT2D eigenvalue weighted by Crippen LogP contribution is 2.25. The van der Waals surface area contributed by atoms with Crippen LogP contribution in [-0.4, -0.2) is 42.9 Å². The maximum Gasteiger partial charge on any atom is 0.253 e. The number of benzene rings is 1. The first-order valence-electron chi connectivity index (χ1n) is 7.06. The van der Waals surface area contributed by atoms with Crippen LogP contribution in [0.25, 0.3) is 0 Å². The normalized spacial score (nSPS) is 21.6. The molecule has 1 fully saturated rings. The molecule has 0 radical (unpaired) electrons. The number of amides is 2. The number of hydrogen-bond acceptors (Lipinski definition) is 3. The largest absolute Gasteiger partial charge is 0.337 e. The Labute approximate surface area is 118 Å². The lowest BCUT2D eigenvalue weighted by molar-refractivity contribution is -0.115. The van der Waals surface area contributed by atoms with E-state index in [1.807, 2.05) is 24.1 Å². The number of hydrogen-bond donors (Lipinski definition) is 2. The van der Waals surface area contributed by atoms with Crippen LogP contribution in [-0.2, 0) is 11.2 Å². The van der Waals surface area contributed by atoms with Crippen LogP contribution in [0.3, 0.4) is 0 Å². The summed E-state index contributed by atoms with van der Waals surface area (Å²) in [5.74, 6) is 0.0601. The maximum atomic E-state index is 12.5. The fourth-order valence-corrected chi connectivity index (χ4v) is 2.94. The van der Waals surface area contributed by atoms with Gasteiger partial charge in [-0.05, 0) is 43.7 Å². The Morgan fingerprint density at radius 1 is 1.45 bits per heavy atom. The molecule has 0 bridgehead atoms. The summed E-state index contributed by atoms with van der Waals surface area (Å²) in [6.07, 6.45) is 2.51. The Hall–Kier alpha value is -1.88. The summed E-state index contributed by atoms with van der Waals surface area (Å²) in [4.78, 5) is 25.8. The van der Waals surface area contributed by atoms with E-state index < -0.39 is 0 Å². The van der Waals surface area contributed by atoms with Gasteiger partial charge in [-0.2, -0.15) is 0 Å². The molecule has 20 heavy (non-hydrogen) atoms. The van der Waals surface area contributed by atoms with Gasteiger partial charge in [0.15, 0.2) is 0 Å². The average molecular weight is 273 g/mol. The number of fused-ring (bicyclic) bond motifs is 1. The van der Waals surface area contributed by atoms with Crippen molar-refractivity contribution < 1.29 is 9.59 Å². The maximum absolute atomic E-state index is 12.5. The van der Waals surface area contributed by atoms with Gasteiger partial charge in [0.1, 0.15) is 0 Å². The molecule has 2 aliphatic rings. The van der Waals surface area contributed by atoms with E-state index >= 15 is 0 Å². The molecule has 1 unspecified atom stereocenters. The Morgan fingerprint density at radius 3 is 3.10 bits per heavy atom. The zero-order chi connectivity index (χ0) is 14.1. The Bertz CT molecular complexity index is 556. The summed E-state index contributed by atoms with van der Waals surface area (Å²) < 4.78 is 0. The second kappa shape index (κ2) is 5.25. The first kappa shape index (κ1) is 13.1. The molecule has 2 N–H and O–H groups in total. The SMILES string of the molecule is CNC1CCCN(C(=O)c2ccc3c(c2)CC(=O)N3)C1. The number of nitrogens with zero attached hydrogens (tertiary/aromatic N) is 1. The van der Waals surface area contributed by atoms with Gasteiger partial charge in [-0.3, -0.25) is 9.59 Å². The molecule has 1 aromatic rings. The van der Waals surface area contributed by atoms with Gasteiger partial charge in [0, 0.05) is 30.4 Å². The monoisotopic (exact) mass is 273 g/mol. The third-order valence-corrected chi connectivity index (χ3v) is 4.09. The van der Waals surface area contributed by atoms with Crippen molar-refractivity contribution in [2.75, 3.05) is 25.5 Å². The molecule has 5 heteroatoms. The van der Waals surface area contributed by atoms with Crippen LogP contribution in [0.2, 0.25) is 0 Å². The summed E-state index contributed by atoms with van der Waals surface area (Å²) in [6, 6.07) is 5.85. The van der Waals surface area contributed by atoms with Crippen LogP contribution < -0.4 is 10.6 Å². The second-order valence-corrected chi connectivity index (χ2v) is 5.48. The molecule has 1 saturated heterocycles. The number of likely N-dealkylation sites (N-methyl/N-ethyl adjacent to an activating group) is 1. The highest BCUT2D eigenvalue weighted by atomic mass is 16.2. The molecule has 106 valence electrons. The van der Waals surface area contributed by atoms with E-state index in [0.29, 0.717) is 18.0 Å². The zero-order valence-electron chi connectivity index (χ0n) is 11.6. The number of piperidine rings is 1. The van der Waals surface area contributed by atoms with Gasteiger partial charge < -0.3 is 15.5 Å². The minimum Gasteiger partial charge on any atom is -0.337 e. The second-order valence-electron chi connectivity index (χ2n) is 5.48. The molecule has 5 nitrogen and oxygen atoms in total. The topological polar surface area (TPSA) is 61.4 Å². The molecular weight excluding hydrogens is 254 g/mol. The lowest BCUT2D eigenvalue weighted by Gasteiger charge is -2.32. The summed E-state index contributed by atoms with van der Waals surface area (Å²) in [5.41, 5.74) is 2.43. The van der Waals surface area contributed by atoms with Gasteiger partial charge in [0.2, 0.25) is 5.91 Å². The number of carbonyl (C=O) groups excluding carboxylic acids is 2. The Morgan fingerprint density at radius 2 is 2.30 bits per heavy atom. The fraction of sp³-hybridized carbons (Fsp3) is 0.467. The van der Waals surface area contributed by atoms with E-state index in [2.05, 4.69) is 10.6 Å². The zero-order valence-corrected chi connectivity index (χ0v) is 11.6. The van der Waals surface area contributed by atoms with E-state index in [9.17, 15) is 9.59 Å². The number of nitrogens with one attached hydrogen (secondary N) is 2. The predicted octanol–water partition coefficient (Wildman–Crippen LogP) is 1.01. The van der Waals surface area contributed by atoms with Crippen molar-refractivity contribution in [1.82, 2.24) is 10.2 Å². The molecule has 0 spiro atoms. The molecule has 3 rings (SSSR count). The molecule has 0 aromatic heterocycles. The first-order valence-corrected chi connectivity index (χ1v) is 7.06. The van der Waals surface area contributed by atoms with E-state index in [1.54, 1.807) is 6.07 Å². The lowest BCUT2D eigenvalue weighted by Crippen LogP contribution is -2.46. The Kier molecular flexibility index (Phi) is 3.44. The minimum atomic E-state index is -0.00202. The fourth-order valence-electron chi connectivity index (χ4n) is 2.94. The number of likely N-dealkylation sites (tertiary alicyclic amines) is 1. The van der Waals surface area contributed by atoms with Crippen LogP contribution in [0.1, 0.15) is 28.8 Å². The molecule has 2 aliphatic heterocycles. The summed E-state index contributed by atoms with van der Waals surface area (Å²) in [6.45, 7) is 1.56. The molecule has 2 amide bonds. The van der Waals surface area contributed by atoms with E-state index in [0.717, 1.165) is 37.2 Å². The molecule has 1 aromatic carbocycles. The van der Waals surface area contributed by atoms with Crippen LogP contribution in [0.15, 0.2) is 18.2 Å². The molecular formula is C15H19N3O2. The quantitative estimate of drug-likeness (QED) is 0.845. The van der Waals surface area contributed by atoms with Gasteiger partial charge >= 0.3 is 0 Å². The molecule has 0 aliphatic carbocycles. The Balaban J connectivity index is 1.77. The average Bonchev–Trinajstić information content (AvgIpc) is 2.85. The van der Waals surface area contributed by atoms with Crippen molar-refractivity contribution in [2.45, 2.75) is 25.3 Å². The number of anilines is 1. The van der Waals surface area contributed by atoms with Gasteiger partial charge in [0.05, 0.1) is 6.42 Å². The standard InChI is InChI=1S/C15H19N3O2/c1-16-12-3-2-6-18(9-12)15(20)10-4-5-13-11(7-10)8-14(19)17-13/h4-5,7,12,16H,2-3,6,8-9H2,1H3,(H,17,19). The summed E-state index contributed by atoms with van der Waals surface area (Å²) >= 11 is 0. The highest BCUT2D eigenvalue weighted by Gasteiger charge is 2.25. The van der Waals surface area contributed by atoms with Crippen molar-refractivity contribution in [3.63, 3.8) is 0 Å². The first-order chi connectivity index (χ1) is 9.67. The van der Waals surface area contributed by atoms with Crippen LogP contribution >= 0.6 is 0 Å². The van der Waals surface area contributed by atoms with Gasteiger partial charge in [0.25, 0.3) is 5.91 Å². The summed E-state index contributed by atoms with van der Waals surface area (Å²) in [7, 11) is 1.94. The molecule has 1 atom stereocenters. The lowest BCUT2D eigenvalue weighted by atomic mass is 10.0. The van der Waals surface area contributed by atoms with Crippen LogP contribution in [0, 0.1) is 0 Å². The van der Waals surface area contributed by atoms with E-state index in [4.69, 9.17) is 0 Å². The van der Waals surface area contributed by atoms with Crippen molar-refractivity contribution >= 4 is 17.5 Å². The van der Waals surface area contributed by atoms with Crippen molar-refractivity contribution in [2.24, 2.45) is 0 Å². The summed E-state index contributed by atoms with van der Waals surface area (Å²) in [5, 5.41) is 6.02. The highest BCUT2D eigenvalue weighted by molar-refractivity contribution is 6.01. The van der Waals surface area contributed by atoms with E-state index in [1.165, 1.54) is 0 Å². The predicted molar refractivity (Wildman–Crippen MR) is 76.8 cm³/mol. The van der Waals surface area contributed by atoms with Gasteiger partial charge in [-0.15, -0.1) is 0 Å². The smallest absolute Gasteiger partial charge is 0.253 e. The van der Waals surface area contributed by atoms with Crippen LogP contribution in [0.4, 0.5) is 5.69 Å². The third-order valence-electron chi connectivity index (χ3n) is 4.09. The van der Waals surface area contributed by atoms with Crippen LogP contribution in [0.5, 0.6) is 0 Å². The van der Waals surface area contributed by atoms with Crippen molar-refractivity contribution in [3.8, 4) is 0 Å². The van der Waals surface area contributed by atoms with Crippen molar-refractivity contribution in [1.29, 1.82) is 0 Å². The van der Waals surface area contributed by atoms with Gasteiger partial charge in [-0.1, -0.05) is 0 Å².